The number of carbonyl (C=O) groups excluding carboxylic acids is 3. The maximum Gasteiger partial charge on any atom is 0.341 e. The lowest BCUT2D eigenvalue weighted by molar-refractivity contribution is 0.0597. The van der Waals surface area contributed by atoms with Gasteiger partial charge in [0.2, 0.25) is 5.78 Å². The molecule has 2 aromatic carbocycles. The molecule has 0 bridgehead atoms. The molecule has 0 amide bonds. The second kappa shape index (κ2) is 6.05. The number of benzene rings is 2. The zero-order valence-corrected chi connectivity index (χ0v) is 14.1. The average molecular weight is 387 g/mol. The van der Waals surface area contributed by atoms with Gasteiger partial charge < -0.3 is 9.84 Å². The van der Waals surface area contributed by atoms with Gasteiger partial charge in [0.1, 0.15) is 11.3 Å². The number of Topliss-reactive ketones (excluding diaryl/α,β-unsaturated/α-hetero) is 2. The number of para-hydroxylation sites is 1. The van der Waals surface area contributed by atoms with E-state index in [2.05, 4.69) is 20.7 Å². The SMILES string of the molecule is COC(=O)c1cccc(C2=C(Br)C(=O)c3ccccc3C2=O)c1O. The Hall–Kier alpha value is -2.73. The van der Waals surface area contributed by atoms with Crippen molar-refractivity contribution in [3.63, 3.8) is 0 Å². The maximum absolute atomic E-state index is 12.8. The summed E-state index contributed by atoms with van der Waals surface area (Å²) in [6.07, 6.45) is 0. The van der Waals surface area contributed by atoms with Crippen molar-refractivity contribution in [1.29, 1.82) is 0 Å². The summed E-state index contributed by atoms with van der Waals surface area (Å²) in [5.74, 6) is -1.91. The minimum atomic E-state index is -0.735. The Labute approximate surface area is 145 Å². The van der Waals surface area contributed by atoms with E-state index in [-0.39, 0.29) is 32.5 Å². The molecule has 5 nitrogen and oxygen atoms in total. The molecule has 0 fully saturated rings. The van der Waals surface area contributed by atoms with Crippen LogP contribution >= 0.6 is 15.9 Å². The Morgan fingerprint density at radius 3 is 2.17 bits per heavy atom. The first-order valence-corrected chi connectivity index (χ1v) is 7.75. The van der Waals surface area contributed by atoms with E-state index in [1.54, 1.807) is 24.3 Å². The molecule has 0 heterocycles. The summed E-state index contributed by atoms with van der Waals surface area (Å²) in [5.41, 5.74) is 0.576. The van der Waals surface area contributed by atoms with Crippen LogP contribution in [0.5, 0.6) is 5.75 Å². The Morgan fingerprint density at radius 1 is 0.958 bits per heavy atom. The van der Waals surface area contributed by atoms with E-state index in [0.717, 1.165) is 0 Å². The summed E-state index contributed by atoms with van der Waals surface area (Å²) < 4.78 is 4.66. The Morgan fingerprint density at radius 2 is 1.54 bits per heavy atom. The van der Waals surface area contributed by atoms with Crippen LogP contribution in [0.15, 0.2) is 46.9 Å². The van der Waals surface area contributed by atoms with Crippen LogP contribution in [0, 0.1) is 0 Å². The second-order valence-electron chi connectivity index (χ2n) is 5.09. The first kappa shape index (κ1) is 16.1. The average Bonchev–Trinajstić information content (AvgIpc) is 2.60. The van der Waals surface area contributed by atoms with Gasteiger partial charge in [-0.3, -0.25) is 9.59 Å². The number of phenolic OH excluding ortho intramolecular Hbond substituents is 1. The zero-order chi connectivity index (χ0) is 17.4. The highest BCUT2D eigenvalue weighted by atomic mass is 79.9. The molecule has 0 saturated carbocycles. The molecule has 1 aliphatic carbocycles. The number of rotatable bonds is 2. The Bertz CT molecular complexity index is 927. The summed E-state index contributed by atoms with van der Waals surface area (Å²) in [6.45, 7) is 0. The highest BCUT2D eigenvalue weighted by Crippen LogP contribution is 2.39. The number of hydrogen-bond donors (Lipinski definition) is 1. The highest BCUT2D eigenvalue weighted by Gasteiger charge is 2.33. The van der Waals surface area contributed by atoms with Gasteiger partial charge in [0.05, 0.1) is 17.2 Å². The van der Waals surface area contributed by atoms with Gasteiger partial charge in [0.15, 0.2) is 5.78 Å². The van der Waals surface area contributed by atoms with Crippen LogP contribution in [-0.4, -0.2) is 29.8 Å². The molecule has 2 aromatic rings. The summed E-state index contributed by atoms with van der Waals surface area (Å²) in [6, 6.07) is 10.8. The predicted octanol–water partition coefficient (Wildman–Crippen LogP) is 3.36. The number of methoxy groups -OCH3 is 1. The third-order valence-electron chi connectivity index (χ3n) is 3.77. The fraction of sp³-hybridized carbons (Fsp3) is 0.0556. The number of ether oxygens (including phenoxy) is 1. The minimum absolute atomic E-state index is 0.0157. The van der Waals surface area contributed by atoms with E-state index < -0.39 is 17.5 Å². The molecular weight excluding hydrogens is 376 g/mol. The van der Waals surface area contributed by atoms with Crippen molar-refractivity contribution in [2.75, 3.05) is 7.11 Å². The first-order valence-electron chi connectivity index (χ1n) is 6.96. The van der Waals surface area contributed by atoms with Crippen LogP contribution in [0.4, 0.5) is 0 Å². The molecular formula is C18H11BrO5. The standard InChI is InChI=1S/C18H11BrO5/c1-24-18(23)12-8-4-7-11(15(12)20)13-14(19)17(22)10-6-3-2-5-9(10)16(13)21/h2-8,20H,1H3. The van der Waals surface area contributed by atoms with E-state index in [0.29, 0.717) is 5.56 Å². The van der Waals surface area contributed by atoms with E-state index in [1.165, 1.54) is 25.3 Å². The third kappa shape index (κ3) is 2.35. The summed E-state index contributed by atoms with van der Waals surface area (Å²) >= 11 is 3.16. The molecule has 1 N–H and O–H groups in total. The van der Waals surface area contributed by atoms with Crippen molar-refractivity contribution in [3.8, 4) is 5.75 Å². The van der Waals surface area contributed by atoms with Gasteiger partial charge in [-0.05, 0) is 22.0 Å². The van der Waals surface area contributed by atoms with Gasteiger partial charge >= 0.3 is 5.97 Å². The molecule has 1 aliphatic rings. The fourth-order valence-corrected chi connectivity index (χ4v) is 3.21. The maximum atomic E-state index is 12.8. The number of phenols is 1. The third-order valence-corrected chi connectivity index (χ3v) is 4.53. The molecule has 24 heavy (non-hydrogen) atoms. The predicted molar refractivity (Wildman–Crippen MR) is 90.4 cm³/mol. The van der Waals surface area contributed by atoms with Crippen molar-refractivity contribution in [1.82, 2.24) is 0 Å². The molecule has 0 aliphatic heterocycles. The second-order valence-corrected chi connectivity index (χ2v) is 5.88. The topological polar surface area (TPSA) is 80.7 Å². The van der Waals surface area contributed by atoms with Crippen LogP contribution in [0.3, 0.4) is 0 Å². The Balaban J connectivity index is 2.24. The van der Waals surface area contributed by atoms with E-state index in [4.69, 9.17) is 0 Å². The normalized spacial score (nSPS) is 13.8. The van der Waals surface area contributed by atoms with E-state index in [1.807, 2.05) is 0 Å². The van der Waals surface area contributed by atoms with E-state index in [9.17, 15) is 19.5 Å². The monoisotopic (exact) mass is 386 g/mol. The van der Waals surface area contributed by atoms with Crippen LogP contribution in [-0.2, 0) is 4.74 Å². The molecule has 3 rings (SSSR count). The number of ketones is 2. The molecule has 120 valence electrons. The van der Waals surface area contributed by atoms with E-state index >= 15 is 0 Å². The lowest BCUT2D eigenvalue weighted by atomic mass is 9.85. The van der Waals surface area contributed by atoms with Crippen LogP contribution in [0.25, 0.3) is 5.57 Å². The largest absolute Gasteiger partial charge is 0.506 e. The smallest absolute Gasteiger partial charge is 0.341 e. The number of allylic oxidation sites excluding steroid dienone is 2. The van der Waals surface area contributed by atoms with Crippen molar-refractivity contribution < 1.29 is 24.2 Å². The van der Waals surface area contributed by atoms with Crippen LogP contribution < -0.4 is 0 Å². The number of halogens is 1. The highest BCUT2D eigenvalue weighted by molar-refractivity contribution is 9.12. The lowest BCUT2D eigenvalue weighted by Gasteiger charge is -2.19. The number of carbonyl (C=O) groups is 3. The number of esters is 1. The van der Waals surface area contributed by atoms with Crippen molar-refractivity contribution in [3.05, 3.63) is 69.2 Å². The zero-order valence-electron chi connectivity index (χ0n) is 12.5. The number of hydrogen-bond acceptors (Lipinski definition) is 5. The molecule has 0 saturated heterocycles. The van der Waals surface area contributed by atoms with Gasteiger partial charge in [0.25, 0.3) is 0 Å². The van der Waals surface area contributed by atoms with Gasteiger partial charge in [-0.15, -0.1) is 0 Å². The Kier molecular flexibility index (Phi) is 4.07. The van der Waals surface area contributed by atoms with Crippen molar-refractivity contribution in [2.24, 2.45) is 0 Å². The van der Waals surface area contributed by atoms with Crippen LogP contribution in [0.1, 0.15) is 36.6 Å². The first-order chi connectivity index (χ1) is 11.5. The van der Waals surface area contributed by atoms with Gasteiger partial charge in [0, 0.05) is 16.7 Å². The fourth-order valence-electron chi connectivity index (χ4n) is 2.61. The summed E-state index contributed by atoms with van der Waals surface area (Å²) in [4.78, 5) is 37.0. The van der Waals surface area contributed by atoms with Gasteiger partial charge in [-0.25, -0.2) is 4.79 Å². The summed E-state index contributed by atoms with van der Waals surface area (Å²) in [5, 5.41) is 10.4. The number of fused-ring (bicyclic) bond motifs is 1. The molecule has 0 spiro atoms. The van der Waals surface area contributed by atoms with Crippen molar-refractivity contribution in [2.45, 2.75) is 0 Å². The number of aromatic hydroxyl groups is 1. The molecule has 6 heteroatoms. The van der Waals surface area contributed by atoms with Gasteiger partial charge in [-0.2, -0.15) is 0 Å². The van der Waals surface area contributed by atoms with Crippen molar-refractivity contribution >= 4 is 39.0 Å². The molecule has 0 radical (unpaired) electrons. The molecule has 0 atom stereocenters. The lowest BCUT2D eigenvalue weighted by Crippen LogP contribution is -2.19. The van der Waals surface area contributed by atoms with Gasteiger partial charge in [-0.1, -0.05) is 36.4 Å². The quantitative estimate of drug-likeness (QED) is 0.800. The van der Waals surface area contributed by atoms with Crippen LogP contribution in [0.2, 0.25) is 0 Å². The minimum Gasteiger partial charge on any atom is -0.506 e. The summed E-state index contributed by atoms with van der Waals surface area (Å²) in [7, 11) is 1.19. The molecule has 0 unspecified atom stereocenters. The molecule has 0 aromatic heterocycles.